The third kappa shape index (κ3) is 3.52. The maximum absolute atomic E-state index is 12.2. The molecule has 0 saturated heterocycles. The Kier molecular flexibility index (Phi) is 4.32. The molecule has 1 amide bonds. The van der Waals surface area contributed by atoms with Crippen molar-refractivity contribution in [1.29, 1.82) is 0 Å². The zero-order valence-corrected chi connectivity index (χ0v) is 13.5. The Hall–Kier alpha value is -2.37. The second-order valence-electron chi connectivity index (χ2n) is 4.86. The van der Waals surface area contributed by atoms with Gasteiger partial charge >= 0.3 is 6.01 Å². The third-order valence-electron chi connectivity index (χ3n) is 3.08. The van der Waals surface area contributed by atoms with Gasteiger partial charge in [0.2, 0.25) is 5.89 Å². The van der Waals surface area contributed by atoms with Crippen LogP contribution in [0.1, 0.15) is 15.9 Å². The van der Waals surface area contributed by atoms with Crippen molar-refractivity contribution in [2.45, 2.75) is 6.92 Å². The van der Waals surface area contributed by atoms with Crippen LogP contribution >= 0.6 is 23.2 Å². The highest BCUT2D eigenvalue weighted by molar-refractivity contribution is 6.36. The minimum atomic E-state index is -0.475. The molecule has 0 bridgehead atoms. The van der Waals surface area contributed by atoms with Crippen LogP contribution in [0.2, 0.25) is 10.0 Å². The Morgan fingerprint density at radius 1 is 1.13 bits per heavy atom. The van der Waals surface area contributed by atoms with Gasteiger partial charge in [0.25, 0.3) is 5.91 Å². The molecular weight excluding hydrogens is 337 g/mol. The van der Waals surface area contributed by atoms with Crippen molar-refractivity contribution in [2.24, 2.45) is 0 Å². The molecule has 1 N–H and O–H groups in total. The summed E-state index contributed by atoms with van der Waals surface area (Å²) >= 11 is 11.9. The Balaban J connectivity index is 1.81. The fraction of sp³-hybridized carbons (Fsp3) is 0.0625. The zero-order chi connectivity index (χ0) is 16.4. The topological polar surface area (TPSA) is 68.0 Å². The maximum atomic E-state index is 12.2. The van der Waals surface area contributed by atoms with Gasteiger partial charge in [0.05, 0.1) is 10.6 Å². The number of aromatic nitrogens is 2. The highest BCUT2D eigenvalue weighted by Crippen LogP contribution is 2.23. The second-order valence-corrected chi connectivity index (χ2v) is 5.70. The van der Waals surface area contributed by atoms with E-state index in [1.165, 1.54) is 6.07 Å². The van der Waals surface area contributed by atoms with E-state index in [2.05, 4.69) is 15.5 Å². The van der Waals surface area contributed by atoms with Crippen LogP contribution in [0.4, 0.5) is 6.01 Å². The number of hydrogen-bond acceptors (Lipinski definition) is 4. The molecule has 3 rings (SSSR count). The lowest BCUT2D eigenvalue weighted by Crippen LogP contribution is -2.12. The molecule has 0 unspecified atom stereocenters. The van der Waals surface area contributed by atoms with Crippen LogP contribution in [0.15, 0.2) is 46.9 Å². The van der Waals surface area contributed by atoms with E-state index >= 15 is 0 Å². The van der Waals surface area contributed by atoms with Crippen molar-refractivity contribution >= 4 is 35.1 Å². The Morgan fingerprint density at radius 2 is 1.96 bits per heavy atom. The molecule has 1 aromatic heterocycles. The minimum absolute atomic E-state index is 0.0115. The molecule has 0 saturated carbocycles. The molecule has 23 heavy (non-hydrogen) atoms. The number of nitrogens with one attached hydrogen (secondary N) is 1. The van der Waals surface area contributed by atoms with Gasteiger partial charge in [-0.1, -0.05) is 46.0 Å². The van der Waals surface area contributed by atoms with Crippen LogP contribution in [0.5, 0.6) is 0 Å². The summed E-state index contributed by atoms with van der Waals surface area (Å²) in [5.74, 6) is -0.155. The van der Waals surface area contributed by atoms with Crippen LogP contribution in [0.3, 0.4) is 0 Å². The summed E-state index contributed by atoms with van der Waals surface area (Å²) in [5.41, 5.74) is 2.07. The van der Waals surface area contributed by atoms with Gasteiger partial charge in [-0.3, -0.25) is 10.1 Å². The van der Waals surface area contributed by atoms with E-state index in [1.807, 2.05) is 31.2 Å². The van der Waals surface area contributed by atoms with Gasteiger partial charge in [0.1, 0.15) is 0 Å². The predicted octanol–water partition coefficient (Wildman–Crippen LogP) is 4.60. The minimum Gasteiger partial charge on any atom is -0.403 e. The van der Waals surface area contributed by atoms with Crippen LogP contribution in [-0.4, -0.2) is 16.1 Å². The number of anilines is 1. The SMILES string of the molecule is Cc1cccc(-c2nnc(NC(=O)c3cc(Cl)ccc3Cl)o2)c1. The van der Waals surface area contributed by atoms with Crippen molar-refractivity contribution in [3.63, 3.8) is 0 Å². The first-order valence-corrected chi connectivity index (χ1v) is 7.45. The number of benzene rings is 2. The second kappa shape index (κ2) is 6.40. The van der Waals surface area contributed by atoms with Crippen LogP contribution in [0.25, 0.3) is 11.5 Å². The molecule has 116 valence electrons. The summed E-state index contributed by atoms with van der Waals surface area (Å²) in [6.45, 7) is 1.96. The average Bonchev–Trinajstić information content (AvgIpc) is 2.98. The molecule has 0 fully saturated rings. The first-order valence-electron chi connectivity index (χ1n) is 6.70. The maximum Gasteiger partial charge on any atom is 0.322 e. The highest BCUT2D eigenvalue weighted by Gasteiger charge is 2.15. The number of aryl methyl sites for hydroxylation is 1. The molecule has 7 heteroatoms. The zero-order valence-electron chi connectivity index (χ0n) is 12.0. The molecule has 0 aliphatic heterocycles. The summed E-state index contributed by atoms with van der Waals surface area (Å²) < 4.78 is 5.46. The normalized spacial score (nSPS) is 10.6. The molecule has 0 aliphatic rings. The third-order valence-corrected chi connectivity index (χ3v) is 3.65. The van der Waals surface area contributed by atoms with E-state index < -0.39 is 5.91 Å². The number of rotatable bonds is 3. The van der Waals surface area contributed by atoms with Gasteiger partial charge in [-0.15, -0.1) is 5.10 Å². The fourth-order valence-corrected chi connectivity index (χ4v) is 2.38. The first-order chi connectivity index (χ1) is 11.0. The molecule has 0 spiro atoms. The number of nitrogens with zero attached hydrogens (tertiary/aromatic N) is 2. The standard InChI is InChI=1S/C16H11Cl2N3O2/c1-9-3-2-4-10(7-9)15-20-21-16(23-15)19-14(22)12-8-11(17)5-6-13(12)18/h2-8H,1H3,(H,19,21,22). The fourth-order valence-electron chi connectivity index (χ4n) is 2.00. The number of hydrogen-bond donors (Lipinski definition) is 1. The molecular formula is C16H11Cl2N3O2. The summed E-state index contributed by atoms with van der Waals surface area (Å²) in [6.07, 6.45) is 0. The lowest BCUT2D eigenvalue weighted by molar-refractivity contribution is 0.102. The van der Waals surface area contributed by atoms with Gasteiger partial charge in [-0.2, -0.15) is 0 Å². The quantitative estimate of drug-likeness (QED) is 0.751. The highest BCUT2D eigenvalue weighted by atomic mass is 35.5. The number of carbonyl (C=O) groups is 1. The van der Waals surface area contributed by atoms with Crippen molar-refractivity contribution < 1.29 is 9.21 Å². The van der Waals surface area contributed by atoms with Gasteiger partial charge in [-0.05, 0) is 37.3 Å². The summed E-state index contributed by atoms with van der Waals surface area (Å²) in [6, 6.07) is 12.2. The van der Waals surface area contributed by atoms with Gasteiger partial charge < -0.3 is 4.42 Å². The lowest BCUT2D eigenvalue weighted by atomic mass is 10.1. The molecule has 1 heterocycles. The van der Waals surface area contributed by atoms with E-state index in [4.69, 9.17) is 27.6 Å². The van der Waals surface area contributed by atoms with Crippen molar-refractivity contribution in [3.05, 3.63) is 63.6 Å². The Bertz CT molecular complexity index is 877. The van der Waals surface area contributed by atoms with Crippen molar-refractivity contribution in [1.82, 2.24) is 10.2 Å². The predicted molar refractivity (Wildman–Crippen MR) is 88.9 cm³/mol. The number of amides is 1. The molecule has 3 aromatic rings. The number of carbonyl (C=O) groups excluding carboxylic acids is 1. The van der Waals surface area contributed by atoms with Crippen LogP contribution in [0, 0.1) is 6.92 Å². The first kappa shape index (κ1) is 15.5. The molecule has 2 aromatic carbocycles. The molecule has 0 radical (unpaired) electrons. The largest absolute Gasteiger partial charge is 0.403 e. The van der Waals surface area contributed by atoms with E-state index in [1.54, 1.807) is 12.1 Å². The summed E-state index contributed by atoms with van der Waals surface area (Å²) in [4.78, 5) is 12.2. The average molecular weight is 348 g/mol. The Labute approximate surface area is 142 Å². The molecule has 0 atom stereocenters. The van der Waals surface area contributed by atoms with E-state index in [-0.39, 0.29) is 16.6 Å². The monoisotopic (exact) mass is 347 g/mol. The summed E-state index contributed by atoms with van der Waals surface area (Å²) in [7, 11) is 0. The number of halogens is 2. The van der Waals surface area contributed by atoms with Gasteiger partial charge in [0.15, 0.2) is 0 Å². The smallest absolute Gasteiger partial charge is 0.322 e. The van der Waals surface area contributed by atoms with Gasteiger partial charge in [-0.25, -0.2) is 0 Å². The Morgan fingerprint density at radius 3 is 2.74 bits per heavy atom. The summed E-state index contributed by atoms with van der Waals surface area (Å²) in [5, 5.41) is 10.9. The van der Waals surface area contributed by atoms with E-state index in [9.17, 15) is 4.79 Å². The molecule has 5 nitrogen and oxygen atoms in total. The van der Waals surface area contributed by atoms with Gasteiger partial charge in [0, 0.05) is 10.6 Å². The van der Waals surface area contributed by atoms with Crippen molar-refractivity contribution in [2.75, 3.05) is 5.32 Å². The van der Waals surface area contributed by atoms with Crippen LogP contribution < -0.4 is 5.32 Å². The van der Waals surface area contributed by atoms with E-state index in [0.717, 1.165) is 11.1 Å². The van der Waals surface area contributed by atoms with E-state index in [0.29, 0.717) is 10.9 Å². The lowest BCUT2D eigenvalue weighted by Gasteiger charge is -2.03. The van der Waals surface area contributed by atoms with Crippen LogP contribution in [-0.2, 0) is 0 Å². The molecule has 0 aliphatic carbocycles. The van der Waals surface area contributed by atoms with Crippen molar-refractivity contribution in [3.8, 4) is 11.5 Å².